The fraction of sp³-hybridized carbons (Fsp3) is 0.375. The number of nitrogen functional groups attached to an aromatic ring is 1. The van der Waals surface area contributed by atoms with Crippen LogP contribution in [0.3, 0.4) is 0 Å². The molecule has 4 nitrogen and oxygen atoms in total. The van der Waals surface area contributed by atoms with Crippen LogP contribution in [0.4, 0.5) is 27.6 Å². The highest BCUT2D eigenvalue weighted by Gasteiger charge is 2.33. The molecule has 0 bridgehead atoms. The topological polar surface area (TPSA) is 74.2 Å². The summed E-state index contributed by atoms with van der Waals surface area (Å²) >= 11 is 0. The first kappa shape index (κ1) is 13.4. The molecule has 1 rings (SSSR count). The molecular formula is C8H8F5N3O. The number of halogens is 5. The number of alkyl halides is 5. The Morgan fingerprint density at radius 2 is 1.94 bits per heavy atom. The molecule has 0 fully saturated rings. The molecule has 0 aliphatic rings. The lowest BCUT2D eigenvalue weighted by atomic mass is 10.2. The maximum Gasteiger partial charge on any atom is 0.573 e. The van der Waals surface area contributed by atoms with Crippen LogP contribution in [0.25, 0.3) is 0 Å². The molecule has 0 radical (unpaired) electrons. The molecule has 0 atom stereocenters. The molecule has 0 aromatic carbocycles. The SMILES string of the molecule is NCc1nc(C(F)F)cc(OC(F)(F)F)c1N. The second-order valence-corrected chi connectivity index (χ2v) is 2.96. The van der Waals surface area contributed by atoms with Gasteiger partial charge in [-0.05, 0) is 0 Å². The van der Waals surface area contributed by atoms with Crippen molar-refractivity contribution in [1.82, 2.24) is 4.98 Å². The van der Waals surface area contributed by atoms with Crippen molar-refractivity contribution < 1.29 is 26.7 Å². The van der Waals surface area contributed by atoms with Gasteiger partial charge in [-0.3, -0.25) is 0 Å². The number of hydrogen-bond acceptors (Lipinski definition) is 4. The van der Waals surface area contributed by atoms with Gasteiger partial charge in [-0.25, -0.2) is 13.8 Å². The molecule has 4 N–H and O–H groups in total. The number of hydrogen-bond donors (Lipinski definition) is 2. The minimum absolute atomic E-state index is 0.276. The highest BCUT2D eigenvalue weighted by Crippen LogP contribution is 2.33. The Bertz CT molecular complexity index is 407. The maximum atomic E-state index is 12.3. The Labute approximate surface area is 92.4 Å². The summed E-state index contributed by atoms with van der Waals surface area (Å²) in [5.74, 6) is -0.928. The molecule has 0 saturated carbocycles. The lowest BCUT2D eigenvalue weighted by molar-refractivity contribution is -0.274. The molecule has 0 amide bonds. The second kappa shape index (κ2) is 4.70. The van der Waals surface area contributed by atoms with Gasteiger partial charge in [0.2, 0.25) is 0 Å². The molecule has 0 aliphatic heterocycles. The van der Waals surface area contributed by atoms with Crippen LogP contribution in [0.15, 0.2) is 6.07 Å². The first-order chi connectivity index (χ1) is 7.74. The van der Waals surface area contributed by atoms with Gasteiger partial charge in [-0.2, -0.15) is 0 Å². The summed E-state index contributed by atoms with van der Waals surface area (Å²) < 4.78 is 64.1. The third-order valence-electron chi connectivity index (χ3n) is 1.76. The van der Waals surface area contributed by atoms with E-state index in [9.17, 15) is 22.0 Å². The van der Waals surface area contributed by atoms with Crippen LogP contribution < -0.4 is 16.2 Å². The first-order valence-corrected chi connectivity index (χ1v) is 4.28. The Hall–Kier alpha value is -1.64. The van der Waals surface area contributed by atoms with Crippen LogP contribution in [0.2, 0.25) is 0 Å². The molecule has 96 valence electrons. The molecule has 1 aromatic heterocycles. The van der Waals surface area contributed by atoms with E-state index in [4.69, 9.17) is 11.5 Å². The van der Waals surface area contributed by atoms with E-state index < -0.39 is 29.9 Å². The van der Waals surface area contributed by atoms with Crippen molar-refractivity contribution in [2.45, 2.75) is 19.3 Å². The highest BCUT2D eigenvalue weighted by atomic mass is 19.4. The lowest BCUT2D eigenvalue weighted by Gasteiger charge is -2.14. The molecule has 0 spiro atoms. The number of rotatable bonds is 3. The van der Waals surface area contributed by atoms with E-state index in [0.29, 0.717) is 6.07 Å². The number of anilines is 1. The Morgan fingerprint density at radius 3 is 2.35 bits per heavy atom. The van der Waals surface area contributed by atoms with Crippen molar-refractivity contribution in [1.29, 1.82) is 0 Å². The van der Waals surface area contributed by atoms with Crippen LogP contribution in [-0.4, -0.2) is 11.3 Å². The van der Waals surface area contributed by atoms with Crippen molar-refractivity contribution in [3.63, 3.8) is 0 Å². The van der Waals surface area contributed by atoms with Gasteiger partial charge in [0.05, 0.1) is 11.4 Å². The van der Waals surface area contributed by atoms with Gasteiger partial charge in [-0.15, -0.1) is 13.2 Å². The minimum atomic E-state index is -5.03. The third kappa shape index (κ3) is 3.41. The van der Waals surface area contributed by atoms with E-state index in [0.717, 1.165) is 0 Å². The van der Waals surface area contributed by atoms with E-state index in [2.05, 4.69) is 9.72 Å². The van der Waals surface area contributed by atoms with Crippen LogP contribution in [0.5, 0.6) is 5.75 Å². The third-order valence-corrected chi connectivity index (χ3v) is 1.76. The average Bonchev–Trinajstić information content (AvgIpc) is 2.18. The van der Waals surface area contributed by atoms with Gasteiger partial charge in [0.1, 0.15) is 5.69 Å². The molecular weight excluding hydrogens is 249 g/mol. The zero-order valence-corrected chi connectivity index (χ0v) is 8.26. The lowest BCUT2D eigenvalue weighted by Crippen LogP contribution is -2.19. The van der Waals surface area contributed by atoms with Gasteiger partial charge < -0.3 is 16.2 Å². The van der Waals surface area contributed by atoms with Gasteiger partial charge in [0, 0.05) is 12.6 Å². The van der Waals surface area contributed by atoms with Crippen LogP contribution in [0.1, 0.15) is 17.8 Å². The summed E-state index contributed by atoms with van der Waals surface area (Å²) in [5.41, 5.74) is 8.73. The van der Waals surface area contributed by atoms with Gasteiger partial charge in [-0.1, -0.05) is 0 Å². The zero-order valence-electron chi connectivity index (χ0n) is 8.26. The summed E-state index contributed by atoms with van der Waals surface area (Å²) in [7, 11) is 0. The quantitative estimate of drug-likeness (QED) is 0.812. The first-order valence-electron chi connectivity index (χ1n) is 4.28. The largest absolute Gasteiger partial charge is 0.573 e. The number of pyridine rings is 1. The van der Waals surface area contributed by atoms with E-state index >= 15 is 0 Å². The number of nitrogens with two attached hydrogens (primary N) is 2. The predicted octanol–water partition coefficient (Wildman–Crippen LogP) is 1.96. The van der Waals surface area contributed by atoms with E-state index in [1.165, 1.54) is 0 Å². The summed E-state index contributed by atoms with van der Waals surface area (Å²) in [6, 6.07) is 0.437. The molecule has 0 aliphatic carbocycles. The zero-order chi connectivity index (χ0) is 13.2. The smallest absolute Gasteiger partial charge is 0.403 e. The molecule has 0 unspecified atom stereocenters. The van der Waals surface area contributed by atoms with Crippen LogP contribution >= 0.6 is 0 Å². The van der Waals surface area contributed by atoms with Crippen molar-refractivity contribution in [3.05, 3.63) is 17.5 Å². The summed E-state index contributed by atoms with van der Waals surface area (Å²) in [6.45, 7) is -0.374. The Kier molecular flexibility index (Phi) is 3.71. The standard InChI is InChI=1S/C8H8F5N3O/c9-7(10)3-1-5(17-8(11,12)13)6(15)4(2-14)16-3/h1,7H,2,14-15H2. The molecule has 1 aromatic rings. The number of nitrogens with zero attached hydrogens (tertiary/aromatic N) is 1. The summed E-state index contributed by atoms with van der Waals surface area (Å²) in [6.07, 6.45) is -8.07. The number of ether oxygens (including phenoxy) is 1. The highest BCUT2D eigenvalue weighted by molar-refractivity contribution is 5.56. The normalized spacial score (nSPS) is 11.9. The van der Waals surface area contributed by atoms with E-state index in [1.807, 2.05) is 0 Å². The summed E-state index contributed by atoms with van der Waals surface area (Å²) in [4.78, 5) is 3.33. The molecule has 1 heterocycles. The second-order valence-electron chi connectivity index (χ2n) is 2.96. The van der Waals surface area contributed by atoms with Crippen molar-refractivity contribution in [2.75, 3.05) is 5.73 Å². The summed E-state index contributed by atoms with van der Waals surface area (Å²) in [5, 5.41) is 0. The monoisotopic (exact) mass is 257 g/mol. The maximum absolute atomic E-state index is 12.3. The van der Waals surface area contributed by atoms with E-state index in [-0.39, 0.29) is 12.2 Å². The van der Waals surface area contributed by atoms with Gasteiger partial charge in [0.15, 0.2) is 5.75 Å². The van der Waals surface area contributed by atoms with Crippen LogP contribution in [0, 0.1) is 0 Å². The Morgan fingerprint density at radius 1 is 1.35 bits per heavy atom. The van der Waals surface area contributed by atoms with Gasteiger partial charge in [0.25, 0.3) is 6.43 Å². The van der Waals surface area contributed by atoms with Gasteiger partial charge >= 0.3 is 6.36 Å². The Balaban J connectivity index is 3.23. The van der Waals surface area contributed by atoms with Crippen molar-refractivity contribution >= 4 is 5.69 Å². The average molecular weight is 257 g/mol. The number of aromatic nitrogens is 1. The fourth-order valence-corrected chi connectivity index (χ4v) is 1.08. The predicted molar refractivity (Wildman–Crippen MR) is 48.2 cm³/mol. The minimum Gasteiger partial charge on any atom is -0.403 e. The van der Waals surface area contributed by atoms with Crippen molar-refractivity contribution in [2.24, 2.45) is 5.73 Å². The van der Waals surface area contributed by atoms with Crippen LogP contribution in [-0.2, 0) is 6.54 Å². The fourth-order valence-electron chi connectivity index (χ4n) is 1.08. The van der Waals surface area contributed by atoms with Crippen molar-refractivity contribution in [3.8, 4) is 5.75 Å². The molecule has 17 heavy (non-hydrogen) atoms. The molecule has 9 heteroatoms. The molecule has 0 saturated heterocycles. The van der Waals surface area contributed by atoms with E-state index in [1.54, 1.807) is 0 Å².